The number of esters is 1. The number of ether oxygens (including phenoxy) is 1. The van der Waals surface area contributed by atoms with Crippen molar-refractivity contribution in [3.63, 3.8) is 0 Å². The molecule has 3 heteroatoms. The molecule has 148 valence electrons. The molecule has 0 bridgehead atoms. The van der Waals surface area contributed by atoms with Crippen molar-refractivity contribution in [2.24, 2.45) is 5.92 Å². The third-order valence-electron chi connectivity index (χ3n) is 5.83. The molecule has 0 aromatic carbocycles. The molecule has 3 atom stereocenters. The van der Waals surface area contributed by atoms with Crippen molar-refractivity contribution in [1.29, 1.82) is 0 Å². The molecule has 0 heterocycles. The molecule has 0 aliphatic heterocycles. The van der Waals surface area contributed by atoms with Crippen LogP contribution in [0, 0.1) is 5.92 Å². The molecule has 3 unspecified atom stereocenters. The molecule has 1 rings (SSSR count). The highest BCUT2D eigenvalue weighted by Gasteiger charge is 2.34. The Labute approximate surface area is 156 Å². The zero-order valence-corrected chi connectivity index (χ0v) is 17.4. The highest BCUT2D eigenvalue weighted by atomic mass is 16.5. The summed E-state index contributed by atoms with van der Waals surface area (Å²) < 4.78 is 5.66. The summed E-state index contributed by atoms with van der Waals surface area (Å²) in [5.41, 5.74) is 0. The second-order valence-electron chi connectivity index (χ2n) is 8.24. The lowest BCUT2D eigenvalue weighted by Gasteiger charge is -2.39. The number of hydrogen-bond donors (Lipinski definition) is 0. The predicted octanol–water partition coefficient (Wildman–Crippen LogP) is 5.96. The van der Waals surface area contributed by atoms with Crippen molar-refractivity contribution >= 4 is 5.97 Å². The SMILES string of the molecule is CCCCCCCCCCCC(C1CCCCC1OC(C)=O)N(C)C. The molecule has 1 saturated carbocycles. The summed E-state index contributed by atoms with van der Waals surface area (Å²) in [6.45, 7) is 3.83. The average Bonchev–Trinajstić information content (AvgIpc) is 2.57. The molecule has 0 radical (unpaired) electrons. The van der Waals surface area contributed by atoms with E-state index < -0.39 is 0 Å². The van der Waals surface area contributed by atoms with Gasteiger partial charge in [-0.2, -0.15) is 0 Å². The van der Waals surface area contributed by atoms with E-state index in [9.17, 15) is 4.79 Å². The number of carbonyl (C=O) groups excluding carboxylic acids is 1. The second-order valence-corrected chi connectivity index (χ2v) is 8.24. The molecule has 1 fully saturated rings. The van der Waals surface area contributed by atoms with E-state index in [0.29, 0.717) is 12.0 Å². The van der Waals surface area contributed by atoms with Crippen molar-refractivity contribution in [1.82, 2.24) is 4.90 Å². The molecule has 3 nitrogen and oxygen atoms in total. The number of hydrogen-bond acceptors (Lipinski definition) is 3. The first-order chi connectivity index (χ1) is 12.1. The highest BCUT2D eigenvalue weighted by molar-refractivity contribution is 5.66. The molecule has 1 aliphatic rings. The van der Waals surface area contributed by atoms with Gasteiger partial charge in [-0.15, -0.1) is 0 Å². The van der Waals surface area contributed by atoms with Gasteiger partial charge in [0.1, 0.15) is 6.10 Å². The molecule has 0 spiro atoms. The highest BCUT2D eigenvalue weighted by Crippen LogP contribution is 2.33. The topological polar surface area (TPSA) is 29.5 Å². The monoisotopic (exact) mass is 353 g/mol. The zero-order chi connectivity index (χ0) is 18.5. The van der Waals surface area contributed by atoms with Crippen molar-refractivity contribution in [2.75, 3.05) is 14.1 Å². The van der Waals surface area contributed by atoms with Crippen molar-refractivity contribution in [3.8, 4) is 0 Å². The zero-order valence-electron chi connectivity index (χ0n) is 17.4. The van der Waals surface area contributed by atoms with Crippen molar-refractivity contribution in [3.05, 3.63) is 0 Å². The van der Waals surface area contributed by atoms with Gasteiger partial charge in [0.15, 0.2) is 0 Å². The molecule has 0 saturated heterocycles. The minimum Gasteiger partial charge on any atom is -0.462 e. The van der Waals surface area contributed by atoms with Gasteiger partial charge >= 0.3 is 5.97 Å². The lowest BCUT2D eigenvalue weighted by Crippen LogP contribution is -2.44. The van der Waals surface area contributed by atoms with Crippen LogP contribution < -0.4 is 0 Å². The van der Waals surface area contributed by atoms with Crippen LogP contribution in [-0.4, -0.2) is 37.1 Å². The van der Waals surface area contributed by atoms with Crippen LogP contribution in [0.15, 0.2) is 0 Å². The standard InChI is InChI=1S/C22H43NO2/c1-5-6-7-8-9-10-11-12-13-17-21(23(3)4)20-16-14-15-18-22(20)25-19(2)24/h20-22H,5-18H2,1-4H3. The third-order valence-corrected chi connectivity index (χ3v) is 5.83. The first-order valence-corrected chi connectivity index (χ1v) is 10.9. The van der Waals surface area contributed by atoms with Gasteiger partial charge in [0.05, 0.1) is 0 Å². The lowest BCUT2D eigenvalue weighted by molar-refractivity contribution is -0.152. The molecular weight excluding hydrogens is 310 g/mol. The number of nitrogens with zero attached hydrogens (tertiary/aromatic N) is 1. The summed E-state index contributed by atoms with van der Waals surface area (Å²) in [6, 6.07) is 0.550. The fourth-order valence-electron chi connectivity index (χ4n) is 4.44. The summed E-state index contributed by atoms with van der Waals surface area (Å²) >= 11 is 0. The summed E-state index contributed by atoms with van der Waals surface area (Å²) in [4.78, 5) is 13.8. The predicted molar refractivity (Wildman–Crippen MR) is 107 cm³/mol. The van der Waals surface area contributed by atoms with Gasteiger partial charge in [-0.25, -0.2) is 0 Å². The minimum atomic E-state index is -0.113. The Morgan fingerprint density at radius 1 is 0.960 bits per heavy atom. The van der Waals surface area contributed by atoms with Gasteiger partial charge in [0.2, 0.25) is 0 Å². The maximum Gasteiger partial charge on any atom is 0.302 e. The van der Waals surface area contributed by atoms with Crippen LogP contribution in [0.1, 0.15) is 104 Å². The molecular formula is C22H43NO2. The van der Waals surface area contributed by atoms with Crippen LogP contribution >= 0.6 is 0 Å². The number of carbonyl (C=O) groups is 1. The first-order valence-electron chi connectivity index (χ1n) is 10.9. The lowest BCUT2D eigenvalue weighted by atomic mass is 9.79. The van der Waals surface area contributed by atoms with Gasteiger partial charge in [-0.1, -0.05) is 71.1 Å². The summed E-state index contributed by atoms with van der Waals surface area (Å²) in [6.07, 6.45) is 18.5. The Morgan fingerprint density at radius 2 is 1.52 bits per heavy atom. The molecule has 0 N–H and O–H groups in total. The summed E-state index contributed by atoms with van der Waals surface area (Å²) in [7, 11) is 4.38. The summed E-state index contributed by atoms with van der Waals surface area (Å²) in [5.74, 6) is 0.402. The quantitative estimate of drug-likeness (QED) is 0.302. The number of rotatable bonds is 13. The van der Waals surface area contributed by atoms with E-state index in [1.165, 1.54) is 83.5 Å². The third kappa shape index (κ3) is 9.63. The fourth-order valence-corrected chi connectivity index (χ4v) is 4.44. The Balaban J connectivity index is 2.29. The molecule has 25 heavy (non-hydrogen) atoms. The van der Waals surface area contributed by atoms with Crippen molar-refractivity contribution < 1.29 is 9.53 Å². The fraction of sp³-hybridized carbons (Fsp3) is 0.955. The van der Waals surface area contributed by atoms with E-state index in [0.717, 1.165) is 6.42 Å². The molecule has 1 aliphatic carbocycles. The summed E-state index contributed by atoms with van der Waals surface area (Å²) in [5, 5.41) is 0. The number of unbranched alkanes of at least 4 members (excludes halogenated alkanes) is 8. The van der Waals surface area contributed by atoms with Crippen molar-refractivity contribution in [2.45, 2.75) is 116 Å². The van der Waals surface area contributed by atoms with Gasteiger partial charge in [0.25, 0.3) is 0 Å². The first kappa shape index (κ1) is 22.5. The van der Waals surface area contributed by atoms with E-state index in [4.69, 9.17) is 4.74 Å². The van der Waals surface area contributed by atoms with Crippen LogP contribution in [-0.2, 0) is 9.53 Å². The van der Waals surface area contributed by atoms with Gasteiger partial charge < -0.3 is 9.64 Å². The van der Waals surface area contributed by atoms with Gasteiger partial charge in [-0.3, -0.25) is 4.79 Å². The average molecular weight is 354 g/mol. The maximum atomic E-state index is 11.4. The normalized spacial score (nSPS) is 22.1. The molecule has 0 amide bonds. The van der Waals surface area contributed by atoms with E-state index in [1.54, 1.807) is 6.92 Å². The molecule has 0 aromatic heterocycles. The Morgan fingerprint density at radius 3 is 2.08 bits per heavy atom. The largest absolute Gasteiger partial charge is 0.462 e. The van der Waals surface area contributed by atoms with Gasteiger partial charge in [0, 0.05) is 18.9 Å². The van der Waals surface area contributed by atoms with Gasteiger partial charge in [-0.05, 0) is 39.8 Å². The van der Waals surface area contributed by atoms with Crippen LogP contribution in [0.25, 0.3) is 0 Å². The molecule has 0 aromatic rings. The van der Waals surface area contributed by atoms with Crippen LogP contribution in [0.5, 0.6) is 0 Å². The smallest absolute Gasteiger partial charge is 0.302 e. The van der Waals surface area contributed by atoms with E-state index in [-0.39, 0.29) is 12.1 Å². The second kappa shape index (κ2) is 13.6. The maximum absolute atomic E-state index is 11.4. The van der Waals surface area contributed by atoms with Crippen LogP contribution in [0.2, 0.25) is 0 Å². The van der Waals surface area contributed by atoms with E-state index in [2.05, 4.69) is 25.9 Å². The Kier molecular flexibility index (Phi) is 12.2. The Bertz CT molecular complexity index is 343. The minimum absolute atomic E-state index is 0.113. The van der Waals surface area contributed by atoms with E-state index in [1.807, 2.05) is 0 Å². The van der Waals surface area contributed by atoms with Crippen LogP contribution in [0.4, 0.5) is 0 Å². The van der Waals surface area contributed by atoms with Crippen LogP contribution in [0.3, 0.4) is 0 Å². The Hall–Kier alpha value is -0.570. The van der Waals surface area contributed by atoms with E-state index >= 15 is 0 Å².